The molecule has 6 heteroatoms. The van der Waals surface area contributed by atoms with Gasteiger partial charge in [0.2, 0.25) is 0 Å². The van der Waals surface area contributed by atoms with Crippen LogP contribution in [0, 0.1) is 0 Å². The molecule has 132 valence electrons. The lowest BCUT2D eigenvalue weighted by molar-refractivity contribution is 0.867. The number of rotatable bonds is 3. The zero-order valence-corrected chi connectivity index (χ0v) is 15.1. The maximum absolute atomic E-state index is 4.42. The van der Waals surface area contributed by atoms with E-state index in [0.29, 0.717) is 5.92 Å². The molecule has 0 aliphatic rings. The van der Waals surface area contributed by atoms with E-state index in [2.05, 4.69) is 75.8 Å². The predicted octanol–water partition coefficient (Wildman–Crippen LogP) is 4.46. The van der Waals surface area contributed by atoms with E-state index < -0.39 is 0 Å². The van der Waals surface area contributed by atoms with Crippen molar-refractivity contribution in [1.29, 1.82) is 0 Å². The van der Waals surface area contributed by atoms with E-state index in [1.54, 1.807) is 12.4 Å². The largest absolute Gasteiger partial charge is 0.282 e. The Hall–Kier alpha value is -3.54. The number of aromatic nitrogens is 6. The van der Waals surface area contributed by atoms with Crippen LogP contribution in [-0.2, 0) is 0 Å². The summed E-state index contributed by atoms with van der Waals surface area (Å²) >= 11 is 0. The highest BCUT2D eigenvalue weighted by atomic mass is 15.2. The van der Waals surface area contributed by atoms with Crippen molar-refractivity contribution in [2.24, 2.45) is 0 Å². The Labute approximate surface area is 155 Å². The monoisotopic (exact) mass is 354 g/mol. The van der Waals surface area contributed by atoms with Gasteiger partial charge in [-0.15, -0.1) is 10.2 Å². The highest BCUT2D eigenvalue weighted by Gasteiger charge is 2.11. The van der Waals surface area contributed by atoms with Gasteiger partial charge in [-0.05, 0) is 40.8 Å². The maximum atomic E-state index is 4.42. The molecule has 0 aliphatic heterocycles. The molecule has 6 nitrogen and oxygen atoms in total. The molecule has 0 spiro atoms. The van der Waals surface area contributed by atoms with Gasteiger partial charge in [0.1, 0.15) is 0 Å². The second-order valence-corrected chi connectivity index (χ2v) is 6.98. The molecule has 0 bridgehead atoms. The molecule has 0 atom stereocenters. The zero-order chi connectivity index (χ0) is 18.4. The SMILES string of the molecule is CC(C)c1cccc(-c2ccc3nnc(-c4cnc5[nH]ncc5c4)n3c2)c1. The number of hydrogen-bond acceptors (Lipinski definition) is 4. The molecule has 1 N–H and O–H groups in total. The molecule has 1 aromatic carbocycles. The van der Waals surface area contributed by atoms with Crippen LogP contribution in [0.4, 0.5) is 0 Å². The van der Waals surface area contributed by atoms with Gasteiger partial charge >= 0.3 is 0 Å². The Morgan fingerprint density at radius 2 is 1.85 bits per heavy atom. The number of nitrogens with one attached hydrogen (secondary N) is 1. The summed E-state index contributed by atoms with van der Waals surface area (Å²) in [5.74, 6) is 1.26. The Bertz CT molecular complexity index is 1260. The summed E-state index contributed by atoms with van der Waals surface area (Å²) in [4.78, 5) is 4.42. The molecule has 5 aromatic rings. The lowest BCUT2D eigenvalue weighted by Crippen LogP contribution is -1.93. The molecule has 0 fully saturated rings. The topological polar surface area (TPSA) is 71.8 Å². The molecular weight excluding hydrogens is 336 g/mol. The first-order chi connectivity index (χ1) is 13.2. The number of benzene rings is 1. The Morgan fingerprint density at radius 1 is 0.926 bits per heavy atom. The van der Waals surface area contributed by atoms with E-state index in [4.69, 9.17) is 0 Å². The van der Waals surface area contributed by atoms with Crippen LogP contribution in [0.5, 0.6) is 0 Å². The maximum Gasteiger partial charge on any atom is 0.169 e. The van der Waals surface area contributed by atoms with Crippen molar-refractivity contribution in [3.05, 3.63) is 66.6 Å². The fraction of sp³-hybridized carbons (Fsp3) is 0.143. The summed E-state index contributed by atoms with van der Waals surface area (Å²) in [6, 6.07) is 14.8. The minimum atomic E-state index is 0.493. The third-order valence-corrected chi connectivity index (χ3v) is 4.84. The van der Waals surface area contributed by atoms with Gasteiger partial charge in [0.05, 0.1) is 6.20 Å². The first-order valence-electron chi connectivity index (χ1n) is 8.94. The van der Waals surface area contributed by atoms with Gasteiger partial charge in [0, 0.05) is 23.3 Å². The number of pyridine rings is 2. The first-order valence-corrected chi connectivity index (χ1v) is 8.94. The minimum absolute atomic E-state index is 0.493. The van der Waals surface area contributed by atoms with Gasteiger partial charge in [0.15, 0.2) is 17.1 Å². The standard InChI is InChI=1S/C21H18N6/c1-13(2)14-4-3-5-15(8-14)16-6-7-19-24-26-21(27(19)12-16)18-9-17-11-23-25-20(17)22-10-18/h3-13H,1-2H3,(H,22,23,25). The van der Waals surface area contributed by atoms with Gasteiger partial charge in [-0.1, -0.05) is 38.1 Å². The van der Waals surface area contributed by atoms with E-state index in [-0.39, 0.29) is 0 Å². The molecule has 0 saturated carbocycles. The van der Waals surface area contributed by atoms with E-state index >= 15 is 0 Å². The molecule has 27 heavy (non-hydrogen) atoms. The normalized spacial score (nSPS) is 11.7. The van der Waals surface area contributed by atoms with Gasteiger partial charge in [-0.2, -0.15) is 5.10 Å². The van der Waals surface area contributed by atoms with Crippen molar-refractivity contribution in [2.75, 3.05) is 0 Å². The van der Waals surface area contributed by atoms with Crippen molar-refractivity contribution < 1.29 is 0 Å². The lowest BCUT2D eigenvalue weighted by atomic mass is 9.98. The van der Waals surface area contributed by atoms with Gasteiger partial charge in [0.25, 0.3) is 0 Å². The smallest absolute Gasteiger partial charge is 0.169 e. The average molecular weight is 354 g/mol. The van der Waals surface area contributed by atoms with E-state index in [1.807, 2.05) is 16.5 Å². The second kappa shape index (κ2) is 6.02. The van der Waals surface area contributed by atoms with Crippen LogP contribution < -0.4 is 0 Å². The van der Waals surface area contributed by atoms with Crippen LogP contribution in [0.2, 0.25) is 0 Å². The highest BCUT2D eigenvalue weighted by molar-refractivity contribution is 5.79. The van der Waals surface area contributed by atoms with E-state index in [9.17, 15) is 0 Å². The third-order valence-electron chi connectivity index (χ3n) is 4.84. The van der Waals surface area contributed by atoms with E-state index in [1.165, 1.54) is 11.1 Å². The van der Waals surface area contributed by atoms with Crippen LogP contribution in [0.25, 0.3) is 39.2 Å². The number of nitrogens with zero attached hydrogens (tertiary/aromatic N) is 5. The summed E-state index contributed by atoms with van der Waals surface area (Å²) < 4.78 is 2.01. The molecular formula is C21H18N6. The second-order valence-electron chi connectivity index (χ2n) is 6.98. The highest BCUT2D eigenvalue weighted by Crippen LogP contribution is 2.27. The van der Waals surface area contributed by atoms with Crippen LogP contribution in [0.3, 0.4) is 0 Å². The van der Waals surface area contributed by atoms with Crippen LogP contribution in [0.15, 0.2) is 61.1 Å². The van der Waals surface area contributed by atoms with E-state index in [0.717, 1.165) is 33.6 Å². The summed E-state index contributed by atoms with van der Waals surface area (Å²) in [6.45, 7) is 4.42. The molecule has 0 radical (unpaired) electrons. The fourth-order valence-corrected chi connectivity index (χ4v) is 3.29. The predicted molar refractivity (Wildman–Crippen MR) is 105 cm³/mol. The van der Waals surface area contributed by atoms with Crippen molar-refractivity contribution in [3.63, 3.8) is 0 Å². The van der Waals surface area contributed by atoms with Crippen molar-refractivity contribution >= 4 is 16.7 Å². The number of H-pyrrole nitrogens is 1. The molecule has 0 saturated heterocycles. The summed E-state index contributed by atoms with van der Waals surface area (Å²) in [5.41, 5.74) is 6.12. The molecule has 0 aliphatic carbocycles. The average Bonchev–Trinajstić information content (AvgIpc) is 3.33. The molecule has 5 rings (SSSR count). The number of aromatic amines is 1. The van der Waals surface area contributed by atoms with Gasteiger partial charge < -0.3 is 0 Å². The third kappa shape index (κ3) is 2.66. The number of fused-ring (bicyclic) bond motifs is 2. The molecule has 4 heterocycles. The Kier molecular flexibility index (Phi) is 3.50. The van der Waals surface area contributed by atoms with Crippen LogP contribution in [0.1, 0.15) is 25.3 Å². The van der Waals surface area contributed by atoms with Crippen molar-refractivity contribution in [1.82, 2.24) is 29.8 Å². The van der Waals surface area contributed by atoms with Gasteiger partial charge in [-0.3, -0.25) is 9.50 Å². The fourth-order valence-electron chi connectivity index (χ4n) is 3.29. The minimum Gasteiger partial charge on any atom is -0.282 e. The van der Waals surface area contributed by atoms with Crippen LogP contribution in [-0.4, -0.2) is 29.8 Å². The zero-order valence-electron chi connectivity index (χ0n) is 15.1. The van der Waals surface area contributed by atoms with Crippen LogP contribution >= 0.6 is 0 Å². The lowest BCUT2D eigenvalue weighted by Gasteiger charge is -2.09. The summed E-state index contributed by atoms with van der Waals surface area (Å²) in [5, 5.41) is 16.5. The molecule has 4 aromatic heterocycles. The van der Waals surface area contributed by atoms with Gasteiger partial charge in [-0.25, -0.2) is 4.98 Å². The Morgan fingerprint density at radius 3 is 2.74 bits per heavy atom. The summed E-state index contributed by atoms with van der Waals surface area (Å²) in [6.07, 6.45) is 5.64. The van der Waals surface area contributed by atoms with Crippen molar-refractivity contribution in [2.45, 2.75) is 19.8 Å². The first kappa shape index (κ1) is 15.7. The number of hydrogen-bond donors (Lipinski definition) is 1. The van der Waals surface area contributed by atoms with Crippen molar-refractivity contribution in [3.8, 4) is 22.5 Å². The molecule has 0 unspecified atom stereocenters. The molecule has 0 amide bonds. The Balaban J connectivity index is 1.65. The summed E-state index contributed by atoms with van der Waals surface area (Å²) in [7, 11) is 0. The quantitative estimate of drug-likeness (QED) is 0.519.